The van der Waals surface area contributed by atoms with Crippen molar-refractivity contribution in [1.82, 2.24) is 14.3 Å². The van der Waals surface area contributed by atoms with Crippen LogP contribution in [0.2, 0.25) is 5.02 Å². The Morgan fingerprint density at radius 3 is 2.50 bits per heavy atom. The lowest BCUT2D eigenvalue weighted by molar-refractivity contribution is 0.0730. The second-order valence-corrected chi connectivity index (χ2v) is 7.50. The van der Waals surface area contributed by atoms with Crippen LogP contribution in [0.15, 0.2) is 41.6 Å². The highest BCUT2D eigenvalue weighted by molar-refractivity contribution is 7.89. The monoisotopic (exact) mass is 368 g/mol. The van der Waals surface area contributed by atoms with Gasteiger partial charge in [-0.25, -0.2) is 18.4 Å². The lowest BCUT2D eigenvalue weighted by Crippen LogP contribution is -2.40. The van der Waals surface area contributed by atoms with E-state index >= 15 is 0 Å². The van der Waals surface area contributed by atoms with Gasteiger partial charge in [-0.3, -0.25) is 0 Å². The Morgan fingerprint density at radius 2 is 1.83 bits per heavy atom. The largest absolute Gasteiger partial charge is 0.379 e. The lowest BCUT2D eigenvalue weighted by atomic mass is 10.3. The van der Waals surface area contributed by atoms with E-state index in [1.54, 1.807) is 42.5 Å². The van der Waals surface area contributed by atoms with Crippen LogP contribution in [0.5, 0.6) is 0 Å². The van der Waals surface area contributed by atoms with Crippen molar-refractivity contribution in [3.05, 3.63) is 41.7 Å². The highest BCUT2D eigenvalue weighted by atomic mass is 35.5. The molecule has 0 N–H and O–H groups in total. The third-order valence-corrected chi connectivity index (χ3v) is 6.19. The Bertz CT molecular complexity index is 811. The molecule has 2 heterocycles. The number of benzene rings is 1. The highest BCUT2D eigenvalue weighted by Gasteiger charge is 2.29. The minimum absolute atomic E-state index is 0.0753. The summed E-state index contributed by atoms with van der Waals surface area (Å²) >= 11 is 6.42. The molecule has 0 radical (unpaired) electrons. The van der Waals surface area contributed by atoms with Gasteiger partial charge in [0.25, 0.3) is 0 Å². The summed E-state index contributed by atoms with van der Waals surface area (Å²) in [5.41, 5.74) is 0.525. The summed E-state index contributed by atoms with van der Waals surface area (Å²) < 4.78 is 32.3. The standard InChI is InChI=1S/C15H17ClN4O3S/c1-19(15-17-6-3-7-18-15)12-4-2-5-13(14(12)16)24(21,22)20-8-10-23-11-9-20/h2-7H,8-11H2,1H3. The minimum atomic E-state index is -3.68. The van der Waals surface area contributed by atoms with E-state index < -0.39 is 10.0 Å². The lowest BCUT2D eigenvalue weighted by Gasteiger charge is -2.27. The Balaban J connectivity index is 1.99. The highest BCUT2D eigenvalue weighted by Crippen LogP contribution is 2.35. The van der Waals surface area contributed by atoms with Gasteiger partial charge in [0, 0.05) is 32.5 Å². The molecule has 1 saturated heterocycles. The van der Waals surface area contributed by atoms with Crippen LogP contribution in [0.25, 0.3) is 0 Å². The first-order chi connectivity index (χ1) is 11.5. The summed E-state index contributed by atoms with van der Waals surface area (Å²) in [5, 5.41) is 0.152. The predicted octanol–water partition coefficient (Wildman–Crippen LogP) is 1.92. The summed E-state index contributed by atoms with van der Waals surface area (Å²) in [6.45, 7) is 1.41. The summed E-state index contributed by atoms with van der Waals surface area (Å²) in [5.74, 6) is 0.431. The van der Waals surface area contributed by atoms with Crippen molar-refractivity contribution < 1.29 is 13.2 Å². The fourth-order valence-corrected chi connectivity index (χ4v) is 4.49. The number of ether oxygens (including phenoxy) is 1. The molecule has 9 heteroatoms. The Kier molecular flexibility index (Phi) is 5.00. The molecule has 0 saturated carbocycles. The third-order valence-electron chi connectivity index (χ3n) is 3.74. The normalized spacial score (nSPS) is 16.1. The molecule has 1 aromatic carbocycles. The number of aromatic nitrogens is 2. The molecular formula is C15H17ClN4O3S. The van der Waals surface area contributed by atoms with Gasteiger partial charge in [-0.15, -0.1) is 0 Å². The van der Waals surface area contributed by atoms with E-state index in [2.05, 4.69) is 9.97 Å². The quantitative estimate of drug-likeness (QED) is 0.820. The van der Waals surface area contributed by atoms with E-state index in [0.717, 1.165) is 0 Å². The molecule has 1 aromatic heterocycles. The van der Waals surface area contributed by atoms with Crippen LogP contribution in [0, 0.1) is 0 Å². The van der Waals surface area contributed by atoms with Crippen LogP contribution in [0.4, 0.5) is 11.6 Å². The van der Waals surface area contributed by atoms with Gasteiger partial charge in [0.2, 0.25) is 16.0 Å². The average molecular weight is 369 g/mol. The van der Waals surface area contributed by atoms with Crippen LogP contribution in [-0.4, -0.2) is 56.0 Å². The van der Waals surface area contributed by atoms with Gasteiger partial charge in [0.15, 0.2) is 0 Å². The van der Waals surface area contributed by atoms with Crippen molar-refractivity contribution in [2.75, 3.05) is 38.3 Å². The van der Waals surface area contributed by atoms with Crippen molar-refractivity contribution in [3.63, 3.8) is 0 Å². The first kappa shape index (κ1) is 17.1. The third kappa shape index (κ3) is 3.23. The number of hydrogen-bond acceptors (Lipinski definition) is 6. The molecule has 2 aromatic rings. The zero-order chi connectivity index (χ0) is 17.2. The minimum Gasteiger partial charge on any atom is -0.379 e. The Morgan fingerprint density at radius 1 is 1.17 bits per heavy atom. The van der Waals surface area contributed by atoms with Gasteiger partial charge < -0.3 is 9.64 Å². The number of morpholine rings is 1. The maximum absolute atomic E-state index is 12.9. The summed E-state index contributed by atoms with van der Waals surface area (Å²) in [7, 11) is -1.94. The molecule has 1 aliphatic rings. The Hall–Kier alpha value is -1.74. The fraction of sp³-hybridized carbons (Fsp3) is 0.333. The first-order valence-corrected chi connectivity index (χ1v) is 9.21. The van der Waals surface area contributed by atoms with Crippen LogP contribution < -0.4 is 4.90 Å². The van der Waals surface area contributed by atoms with Gasteiger partial charge in [0.05, 0.1) is 23.9 Å². The Labute approximate surface area is 145 Å². The predicted molar refractivity (Wildman–Crippen MR) is 91.1 cm³/mol. The van der Waals surface area contributed by atoms with Gasteiger partial charge in [-0.1, -0.05) is 17.7 Å². The topological polar surface area (TPSA) is 75.6 Å². The molecule has 0 unspecified atom stereocenters. The van der Waals surface area contributed by atoms with E-state index in [1.165, 1.54) is 10.4 Å². The summed E-state index contributed by atoms with van der Waals surface area (Å²) in [4.78, 5) is 10.0. The van der Waals surface area contributed by atoms with E-state index in [9.17, 15) is 8.42 Å². The SMILES string of the molecule is CN(c1ncccn1)c1cccc(S(=O)(=O)N2CCOCC2)c1Cl. The number of anilines is 2. The van der Waals surface area contributed by atoms with E-state index in [-0.39, 0.29) is 9.92 Å². The molecule has 7 nitrogen and oxygen atoms in total. The molecule has 0 aliphatic carbocycles. The molecule has 1 aliphatic heterocycles. The van der Waals surface area contributed by atoms with Gasteiger partial charge in [-0.05, 0) is 18.2 Å². The summed E-state index contributed by atoms with van der Waals surface area (Å²) in [6.07, 6.45) is 3.22. The summed E-state index contributed by atoms with van der Waals surface area (Å²) in [6, 6.07) is 6.61. The molecule has 128 valence electrons. The molecule has 0 amide bonds. The van der Waals surface area contributed by atoms with E-state index in [0.29, 0.717) is 37.9 Å². The number of rotatable bonds is 4. The maximum Gasteiger partial charge on any atom is 0.244 e. The molecular weight excluding hydrogens is 352 g/mol. The number of halogens is 1. The molecule has 0 atom stereocenters. The average Bonchev–Trinajstić information content (AvgIpc) is 2.62. The number of sulfonamides is 1. The molecule has 24 heavy (non-hydrogen) atoms. The van der Waals surface area contributed by atoms with Crippen LogP contribution in [-0.2, 0) is 14.8 Å². The molecule has 0 spiro atoms. The molecule has 1 fully saturated rings. The fourth-order valence-electron chi connectivity index (χ4n) is 2.46. The second kappa shape index (κ2) is 7.02. The van der Waals surface area contributed by atoms with Crippen molar-refractivity contribution >= 4 is 33.3 Å². The smallest absolute Gasteiger partial charge is 0.244 e. The first-order valence-electron chi connectivity index (χ1n) is 7.39. The van der Waals surface area contributed by atoms with Crippen LogP contribution in [0.3, 0.4) is 0 Å². The maximum atomic E-state index is 12.9. The van der Waals surface area contributed by atoms with Crippen molar-refractivity contribution in [1.29, 1.82) is 0 Å². The van der Waals surface area contributed by atoms with E-state index in [1.807, 2.05) is 0 Å². The van der Waals surface area contributed by atoms with Crippen molar-refractivity contribution in [2.24, 2.45) is 0 Å². The van der Waals surface area contributed by atoms with Gasteiger partial charge in [0.1, 0.15) is 4.90 Å². The number of nitrogens with zero attached hydrogens (tertiary/aromatic N) is 4. The van der Waals surface area contributed by atoms with E-state index in [4.69, 9.17) is 16.3 Å². The second-order valence-electron chi connectivity index (χ2n) is 5.21. The van der Waals surface area contributed by atoms with Gasteiger partial charge >= 0.3 is 0 Å². The molecule has 3 rings (SSSR count). The number of hydrogen-bond donors (Lipinski definition) is 0. The van der Waals surface area contributed by atoms with Crippen LogP contribution in [0.1, 0.15) is 0 Å². The van der Waals surface area contributed by atoms with Gasteiger partial charge in [-0.2, -0.15) is 4.31 Å². The van der Waals surface area contributed by atoms with Crippen LogP contribution >= 0.6 is 11.6 Å². The zero-order valence-electron chi connectivity index (χ0n) is 13.1. The van der Waals surface area contributed by atoms with Crippen molar-refractivity contribution in [3.8, 4) is 0 Å². The molecule has 0 bridgehead atoms. The zero-order valence-corrected chi connectivity index (χ0v) is 14.7. The van der Waals surface area contributed by atoms with Crippen molar-refractivity contribution in [2.45, 2.75) is 4.90 Å².